The monoisotopic (exact) mass is 527 g/mol. The highest BCUT2D eigenvalue weighted by atomic mass is 16.5. The molecule has 8 heteroatoms. The Balaban J connectivity index is 1.32. The largest absolute Gasteiger partial charge is 0.495 e. The number of nitrogens with one attached hydrogen (secondary N) is 2. The second-order valence-electron chi connectivity index (χ2n) is 10.0. The van der Waals surface area contributed by atoms with Crippen molar-refractivity contribution in [3.05, 3.63) is 77.9 Å². The highest BCUT2D eigenvalue weighted by Crippen LogP contribution is 2.32. The van der Waals surface area contributed by atoms with E-state index < -0.39 is 0 Å². The molecule has 3 aromatic carbocycles. The van der Waals surface area contributed by atoms with E-state index in [1.165, 1.54) is 5.56 Å². The summed E-state index contributed by atoms with van der Waals surface area (Å²) in [6, 6.07) is 21.2. The van der Waals surface area contributed by atoms with Crippen LogP contribution in [0.25, 0.3) is 0 Å². The Kier molecular flexibility index (Phi) is 8.20. The first-order chi connectivity index (χ1) is 19.1. The summed E-state index contributed by atoms with van der Waals surface area (Å²) in [7, 11) is 1.70. The molecule has 0 spiro atoms. The van der Waals surface area contributed by atoms with Crippen molar-refractivity contribution in [2.75, 3.05) is 66.8 Å². The molecule has 2 N–H and O–H groups in total. The van der Waals surface area contributed by atoms with Crippen LogP contribution in [-0.4, -0.2) is 63.2 Å². The summed E-state index contributed by atoms with van der Waals surface area (Å²) < 4.78 is 5.57. The number of hydrogen-bond acceptors (Lipinski definition) is 5. The first-order valence-electron chi connectivity index (χ1n) is 13.8. The maximum atomic E-state index is 13.6. The molecular formula is C31H37N5O3. The zero-order chi connectivity index (χ0) is 27.2. The summed E-state index contributed by atoms with van der Waals surface area (Å²) >= 11 is 0. The van der Waals surface area contributed by atoms with Gasteiger partial charge in [-0.15, -0.1) is 0 Å². The zero-order valence-corrected chi connectivity index (χ0v) is 22.8. The SMILES string of the molecule is CCc1ccc(NC(=O)Nc2ccc(N3CCN(c4ccccc4OC)CC3)c(C(=O)N3CCCC3)c2)cc1. The number of ether oxygens (including phenoxy) is 1. The summed E-state index contributed by atoms with van der Waals surface area (Å²) in [5, 5.41) is 5.80. The fraction of sp³-hybridized carbons (Fsp3) is 0.355. The minimum Gasteiger partial charge on any atom is -0.495 e. The maximum Gasteiger partial charge on any atom is 0.323 e. The number of rotatable bonds is 7. The van der Waals surface area contributed by atoms with E-state index in [0.29, 0.717) is 11.3 Å². The number of amides is 3. The number of likely N-dealkylation sites (tertiary alicyclic amines) is 1. The summed E-state index contributed by atoms with van der Waals surface area (Å²) in [5.41, 5.74) is 5.16. The smallest absolute Gasteiger partial charge is 0.323 e. The standard InChI is InChI=1S/C31H37N5O3/c1-3-23-10-12-24(13-11-23)32-31(38)33-25-14-15-27(26(22-25)30(37)36-16-6-7-17-36)34-18-20-35(21-19-34)28-8-4-5-9-29(28)39-2/h4-5,8-15,22H,3,6-7,16-21H2,1-2H3,(H2,32,33,38). The Labute approximate surface area is 230 Å². The molecular weight excluding hydrogens is 490 g/mol. The van der Waals surface area contributed by atoms with Crippen molar-refractivity contribution in [2.24, 2.45) is 0 Å². The van der Waals surface area contributed by atoms with Crippen LogP contribution in [0.15, 0.2) is 66.7 Å². The van der Waals surface area contributed by atoms with Gasteiger partial charge < -0.3 is 30.1 Å². The number of aryl methyl sites for hydroxylation is 1. The number of hydrogen-bond donors (Lipinski definition) is 2. The third kappa shape index (κ3) is 6.11. The van der Waals surface area contributed by atoms with Crippen molar-refractivity contribution in [3.63, 3.8) is 0 Å². The molecule has 0 unspecified atom stereocenters. The molecule has 2 saturated heterocycles. The van der Waals surface area contributed by atoms with Crippen molar-refractivity contribution >= 4 is 34.7 Å². The first-order valence-corrected chi connectivity index (χ1v) is 13.8. The Bertz CT molecular complexity index is 1300. The summed E-state index contributed by atoms with van der Waals surface area (Å²) in [6.07, 6.45) is 2.99. The number of benzene rings is 3. The molecule has 5 rings (SSSR count). The quantitative estimate of drug-likeness (QED) is 0.427. The van der Waals surface area contributed by atoms with Crippen molar-refractivity contribution in [3.8, 4) is 5.75 Å². The van der Waals surface area contributed by atoms with E-state index in [1.54, 1.807) is 7.11 Å². The number of nitrogens with zero attached hydrogens (tertiary/aromatic N) is 3. The number of anilines is 4. The highest BCUT2D eigenvalue weighted by molar-refractivity contribution is 6.04. The van der Waals surface area contributed by atoms with Crippen LogP contribution in [0.4, 0.5) is 27.5 Å². The maximum absolute atomic E-state index is 13.6. The topological polar surface area (TPSA) is 77.1 Å². The predicted octanol–water partition coefficient (Wildman–Crippen LogP) is 5.46. The van der Waals surface area contributed by atoms with Crippen LogP contribution in [0.1, 0.15) is 35.7 Å². The molecule has 204 valence electrons. The number of methoxy groups -OCH3 is 1. The molecule has 8 nitrogen and oxygen atoms in total. The molecule has 0 radical (unpaired) electrons. The molecule has 39 heavy (non-hydrogen) atoms. The van der Waals surface area contributed by atoms with Crippen LogP contribution >= 0.6 is 0 Å². The van der Waals surface area contributed by atoms with Crippen LogP contribution in [0.2, 0.25) is 0 Å². The normalized spacial score (nSPS) is 15.3. The number of carbonyl (C=O) groups excluding carboxylic acids is 2. The van der Waals surface area contributed by atoms with Gasteiger partial charge in [0, 0.05) is 56.3 Å². The van der Waals surface area contributed by atoms with E-state index in [2.05, 4.69) is 33.4 Å². The summed E-state index contributed by atoms with van der Waals surface area (Å²) in [4.78, 5) is 32.9. The van der Waals surface area contributed by atoms with Crippen LogP contribution in [-0.2, 0) is 6.42 Å². The van der Waals surface area contributed by atoms with E-state index in [-0.39, 0.29) is 11.9 Å². The van der Waals surface area contributed by atoms with Crippen LogP contribution < -0.4 is 25.2 Å². The molecule has 2 aliphatic rings. The van der Waals surface area contributed by atoms with Gasteiger partial charge >= 0.3 is 6.03 Å². The zero-order valence-electron chi connectivity index (χ0n) is 22.8. The van der Waals surface area contributed by atoms with Gasteiger partial charge in [-0.1, -0.05) is 31.2 Å². The minimum absolute atomic E-state index is 0.0221. The van der Waals surface area contributed by atoms with Gasteiger partial charge in [0.1, 0.15) is 5.75 Å². The van der Waals surface area contributed by atoms with Gasteiger partial charge in [0.05, 0.1) is 18.4 Å². The second-order valence-corrected chi connectivity index (χ2v) is 10.0. The van der Waals surface area contributed by atoms with Gasteiger partial charge in [-0.05, 0) is 67.3 Å². The van der Waals surface area contributed by atoms with E-state index in [0.717, 1.165) is 81.3 Å². The van der Waals surface area contributed by atoms with E-state index in [9.17, 15) is 9.59 Å². The lowest BCUT2D eigenvalue weighted by atomic mass is 10.1. The van der Waals surface area contributed by atoms with Gasteiger partial charge in [-0.3, -0.25) is 4.79 Å². The minimum atomic E-state index is -0.336. The predicted molar refractivity (Wildman–Crippen MR) is 157 cm³/mol. The fourth-order valence-corrected chi connectivity index (χ4v) is 5.35. The Morgan fingerprint density at radius 1 is 0.769 bits per heavy atom. The van der Waals surface area contributed by atoms with Crippen molar-refractivity contribution in [2.45, 2.75) is 26.2 Å². The average Bonchev–Trinajstić information content (AvgIpc) is 3.52. The van der Waals surface area contributed by atoms with Crippen LogP contribution in [0, 0.1) is 0 Å². The molecule has 3 aromatic rings. The number of para-hydroxylation sites is 2. The fourth-order valence-electron chi connectivity index (χ4n) is 5.35. The summed E-state index contributed by atoms with van der Waals surface area (Å²) in [6.45, 7) is 6.82. The molecule has 2 heterocycles. The Hall–Kier alpha value is -4.20. The van der Waals surface area contributed by atoms with Gasteiger partial charge in [0.15, 0.2) is 0 Å². The van der Waals surface area contributed by atoms with E-state index in [1.807, 2.05) is 65.6 Å². The Morgan fingerprint density at radius 2 is 1.38 bits per heavy atom. The first kappa shape index (κ1) is 26.4. The molecule has 0 atom stereocenters. The van der Waals surface area contributed by atoms with E-state index in [4.69, 9.17) is 4.74 Å². The molecule has 0 aromatic heterocycles. The number of urea groups is 1. The molecule has 3 amide bonds. The molecule has 0 bridgehead atoms. The van der Waals surface area contributed by atoms with Gasteiger partial charge in [-0.2, -0.15) is 0 Å². The van der Waals surface area contributed by atoms with Gasteiger partial charge in [0.25, 0.3) is 5.91 Å². The van der Waals surface area contributed by atoms with Crippen LogP contribution in [0.5, 0.6) is 5.75 Å². The van der Waals surface area contributed by atoms with Crippen LogP contribution in [0.3, 0.4) is 0 Å². The third-order valence-electron chi connectivity index (χ3n) is 7.54. The molecule has 0 saturated carbocycles. The lowest BCUT2D eigenvalue weighted by molar-refractivity contribution is 0.0793. The molecule has 0 aliphatic carbocycles. The van der Waals surface area contributed by atoms with Crippen molar-refractivity contribution < 1.29 is 14.3 Å². The second kappa shape index (κ2) is 12.1. The van der Waals surface area contributed by atoms with Crippen molar-refractivity contribution in [1.29, 1.82) is 0 Å². The summed E-state index contributed by atoms with van der Waals surface area (Å²) in [5.74, 6) is 0.889. The number of piperazine rings is 1. The lowest BCUT2D eigenvalue weighted by Crippen LogP contribution is -2.47. The average molecular weight is 528 g/mol. The lowest BCUT2D eigenvalue weighted by Gasteiger charge is -2.38. The highest BCUT2D eigenvalue weighted by Gasteiger charge is 2.27. The molecule has 2 aliphatic heterocycles. The molecule has 2 fully saturated rings. The third-order valence-corrected chi connectivity index (χ3v) is 7.54. The van der Waals surface area contributed by atoms with Crippen molar-refractivity contribution in [1.82, 2.24) is 4.90 Å². The van der Waals surface area contributed by atoms with E-state index >= 15 is 0 Å². The Morgan fingerprint density at radius 3 is 2.05 bits per heavy atom. The van der Waals surface area contributed by atoms with Gasteiger partial charge in [0.2, 0.25) is 0 Å². The van der Waals surface area contributed by atoms with Gasteiger partial charge in [-0.25, -0.2) is 4.79 Å². The number of carbonyl (C=O) groups is 2.